The molecule has 1 aromatic carbocycles. The summed E-state index contributed by atoms with van der Waals surface area (Å²) in [4.78, 5) is 15.7. The van der Waals surface area contributed by atoms with E-state index >= 15 is 0 Å². The van der Waals surface area contributed by atoms with Crippen LogP contribution in [0.3, 0.4) is 0 Å². The van der Waals surface area contributed by atoms with Crippen LogP contribution in [0.5, 0.6) is 0 Å². The molecule has 2 unspecified atom stereocenters. The predicted molar refractivity (Wildman–Crippen MR) is 109 cm³/mol. The first-order valence-electron chi connectivity index (χ1n) is 10.2. The highest BCUT2D eigenvalue weighted by molar-refractivity contribution is 5.69. The molecule has 28 heavy (non-hydrogen) atoms. The van der Waals surface area contributed by atoms with E-state index < -0.39 is 0 Å². The van der Waals surface area contributed by atoms with Crippen LogP contribution in [0.15, 0.2) is 72.1 Å². The van der Waals surface area contributed by atoms with Crippen LogP contribution in [-0.2, 0) is 27.1 Å². The van der Waals surface area contributed by atoms with Crippen molar-refractivity contribution in [1.82, 2.24) is 4.98 Å². The summed E-state index contributed by atoms with van der Waals surface area (Å²) in [5.74, 6) is 0.135. The van der Waals surface area contributed by atoms with Gasteiger partial charge >= 0.3 is 5.97 Å². The molecule has 0 amide bonds. The van der Waals surface area contributed by atoms with E-state index in [-0.39, 0.29) is 18.0 Å². The van der Waals surface area contributed by atoms with E-state index in [1.807, 2.05) is 42.8 Å². The number of aromatic amines is 1. The molecule has 1 N–H and O–H groups in total. The van der Waals surface area contributed by atoms with Gasteiger partial charge in [-0.2, -0.15) is 0 Å². The Hall–Kier alpha value is -2.75. The second-order valence-corrected chi connectivity index (χ2v) is 7.62. The zero-order valence-electron chi connectivity index (χ0n) is 16.1. The molecule has 1 aliphatic heterocycles. The smallest absolute Gasteiger partial charge is 0.306 e. The molecule has 2 atom stereocenters. The number of nitrogens with one attached hydrogen (secondary N) is 1. The van der Waals surface area contributed by atoms with E-state index in [0.29, 0.717) is 13.0 Å². The molecule has 2 aliphatic rings. The molecule has 146 valence electrons. The number of esters is 1. The maximum absolute atomic E-state index is 12.6. The monoisotopic (exact) mass is 377 g/mol. The summed E-state index contributed by atoms with van der Waals surface area (Å²) in [6, 6.07) is 14.3. The Balaban J connectivity index is 1.40. The van der Waals surface area contributed by atoms with Crippen molar-refractivity contribution < 1.29 is 14.3 Å². The molecule has 0 spiro atoms. The van der Waals surface area contributed by atoms with E-state index in [9.17, 15) is 4.79 Å². The number of benzene rings is 1. The Morgan fingerprint density at radius 2 is 2.07 bits per heavy atom. The fraction of sp³-hybridized carbons (Fsp3) is 0.375. The van der Waals surface area contributed by atoms with Crippen molar-refractivity contribution in [3.05, 3.63) is 83.4 Å². The van der Waals surface area contributed by atoms with Gasteiger partial charge in [-0.1, -0.05) is 36.4 Å². The molecule has 0 saturated heterocycles. The van der Waals surface area contributed by atoms with Crippen LogP contribution >= 0.6 is 0 Å². The van der Waals surface area contributed by atoms with Gasteiger partial charge < -0.3 is 14.5 Å². The SMILES string of the molecule is O=C(CCCc1ccc[nH]1)OC(Cc1ccccc1)C1C=C2COC=C2CC1. The molecule has 1 aromatic heterocycles. The number of fused-ring (bicyclic) bond motifs is 1. The molecule has 0 radical (unpaired) electrons. The number of H-pyrrole nitrogens is 1. The van der Waals surface area contributed by atoms with Crippen molar-refractivity contribution in [2.45, 2.75) is 44.6 Å². The highest BCUT2D eigenvalue weighted by Gasteiger charge is 2.29. The van der Waals surface area contributed by atoms with Gasteiger partial charge in [0, 0.05) is 30.7 Å². The number of aryl methyl sites for hydroxylation is 1. The predicted octanol–water partition coefficient (Wildman–Crippen LogP) is 4.74. The van der Waals surface area contributed by atoms with E-state index in [1.165, 1.54) is 16.7 Å². The second-order valence-electron chi connectivity index (χ2n) is 7.62. The summed E-state index contributed by atoms with van der Waals surface area (Å²) in [6.07, 6.45) is 10.8. The molecule has 4 nitrogen and oxygen atoms in total. The largest absolute Gasteiger partial charge is 0.496 e. The maximum Gasteiger partial charge on any atom is 0.306 e. The standard InChI is InChI=1S/C24H27NO3/c26-24(10-4-8-22-9-5-13-25-22)28-23(14-18-6-2-1-3-7-18)19-11-12-20-16-27-17-21(20)15-19/h1-3,5-7,9,13,15-16,19,23,25H,4,8,10-12,14,17H2. The lowest BCUT2D eigenvalue weighted by Crippen LogP contribution is -2.30. The summed E-state index contributed by atoms with van der Waals surface area (Å²) in [5.41, 5.74) is 4.92. The zero-order chi connectivity index (χ0) is 19.2. The average Bonchev–Trinajstić information content (AvgIpc) is 3.39. The molecule has 2 aromatic rings. The summed E-state index contributed by atoms with van der Waals surface area (Å²) < 4.78 is 11.5. The van der Waals surface area contributed by atoms with Crippen molar-refractivity contribution in [1.29, 1.82) is 0 Å². The lowest BCUT2D eigenvalue weighted by Gasteiger charge is -2.28. The number of carbonyl (C=O) groups excluding carboxylic acids is 1. The van der Waals surface area contributed by atoms with Crippen LogP contribution in [0.1, 0.15) is 36.9 Å². The fourth-order valence-corrected chi connectivity index (χ4v) is 4.03. The first-order valence-corrected chi connectivity index (χ1v) is 10.2. The van der Waals surface area contributed by atoms with Crippen molar-refractivity contribution in [2.24, 2.45) is 5.92 Å². The van der Waals surface area contributed by atoms with Crippen molar-refractivity contribution in [2.75, 3.05) is 6.61 Å². The molecule has 4 rings (SSSR count). The van der Waals surface area contributed by atoms with Gasteiger partial charge in [0.1, 0.15) is 12.7 Å². The first kappa shape index (κ1) is 18.6. The number of hydrogen-bond donors (Lipinski definition) is 1. The highest BCUT2D eigenvalue weighted by Crippen LogP contribution is 2.35. The molecular formula is C24H27NO3. The van der Waals surface area contributed by atoms with Gasteiger partial charge in [0.15, 0.2) is 0 Å². The molecule has 1 aliphatic carbocycles. The van der Waals surface area contributed by atoms with Crippen LogP contribution in [0.25, 0.3) is 0 Å². The van der Waals surface area contributed by atoms with E-state index in [4.69, 9.17) is 9.47 Å². The minimum atomic E-state index is -0.130. The normalized spacial score (nSPS) is 19.2. The van der Waals surface area contributed by atoms with Crippen LogP contribution in [-0.4, -0.2) is 23.7 Å². The third kappa shape index (κ3) is 4.75. The Labute approximate surface area is 166 Å². The number of hydrogen-bond acceptors (Lipinski definition) is 3. The number of ether oxygens (including phenoxy) is 2. The lowest BCUT2D eigenvalue weighted by atomic mass is 9.83. The van der Waals surface area contributed by atoms with Crippen LogP contribution in [0, 0.1) is 5.92 Å². The summed E-state index contributed by atoms with van der Waals surface area (Å²) in [5, 5.41) is 0. The van der Waals surface area contributed by atoms with Gasteiger partial charge in [0.25, 0.3) is 0 Å². The maximum atomic E-state index is 12.6. The van der Waals surface area contributed by atoms with E-state index in [1.54, 1.807) is 0 Å². The average molecular weight is 377 g/mol. The van der Waals surface area contributed by atoms with Gasteiger partial charge in [0.2, 0.25) is 0 Å². The number of rotatable bonds is 8. The van der Waals surface area contributed by atoms with Gasteiger partial charge in [-0.05, 0) is 54.5 Å². The van der Waals surface area contributed by atoms with Gasteiger partial charge in [-0.15, -0.1) is 0 Å². The molecule has 2 heterocycles. The third-order valence-electron chi connectivity index (χ3n) is 5.57. The number of aromatic nitrogens is 1. The van der Waals surface area contributed by atoms with E-state index in [0.717, 1.165) is 37.8 Å². The van der Waals surface area contributed by atoms with Crippen molar-refractivity contribution in [3.8, 4) is 0 Å². The fourth-order valence-electron chi connectivity index (χ4n) is 4.03. The molecular weight excluding hydrogens is 350 g/mol. The Morgan fingerprint density at radius 1 is 1.18 bits per heavy atom. The molecule has 0 bridgehead atoms. The Morgan fingerprint density at radius 3 is 2.89 bits per heavy atom. The minimum Gasteiger partial charge on any atom is -0.496 e. The van der Waals surface area contributed by atoms with Gasteiger partial charge in [-0.25, -0.2) is 0 Å². The Bertz CT molecular complexity index is 836. The summed E-state index contributed by atoms with van der Waals surface area (Å²) in [6.45, 7) is 0.647. The van der Waals surface area contributed by atoms with Crippen molar-refractivity contribution in [3.63, 3.8) is 0 Å². The van der Waals surface area contributed by atoms with E-state index in [2.05, 4.69) is 23.2 Å². The topological polar surface area (TPSA) is 51.3 Å². The zero-order valence-corrected chi connectivity index (χ0v) is 16.1. The molecule has 0 saturated carbocycles. The lowest BCUT2D eigenvalue weighted by molar-refractivity contribution is -0.151. The number of carbonyl (C=O) groups is 1. The third-order valence-corrected chi connectivity index (χ3v) is 5.57. The highest BCUT2D eigenvalue weighted by atomic mass is 16.5. The quantitative estimate of drug-likeness (QED) is 0.676. The summed E-state index contributed by atoms with van der Waals surface area (Å²) in [7, 11) is 0. The summed E-state index contributed by atoms with van der Waals surface area (Å²) >= 11 is 0. The van der Waals surface area contributed by atoms with Gasteiger partial charge in [-0.3, -0.25) is 4.79 Å². The van der Waals surface area contributed by atoms with Crippen molar-refractivity contribution >= 4 is 5.97 Å². The van der Waals surface area contributed by atoms with Crippen LogP contribution < -0.4 is 0 Å². The van der Waals surface area contributed by atoms with Crippen LogP contribution in [0.4, 0.5) is 0 Å². The second kappa shape index (κ2) is 8.96. The minimum absolute atomic E-state index is 0.102. The van der Waals surface area contributed by atoms with Crippen LogP contribution in [0.2, 0.25) is 0 Å². The Kier molecular flexibility index (Phi) is 5.95. The molecule has 4 heteroatoms. The first-order chi connectivity index (χ1) is 13.8. The van der Waals surface area contributed by atoms with Gasteiger partial charge in [0.05, 0.1) is 6.26 Å². The molecule has 0 fully saturated rings.